The Bertz CT molecular complexity index is 1250. The van der Waals surface area contributed by atoms with E-state index in [1.807, 2.05) is 92.0 Å². The van der Waals surface area contributed by atoms with Crippen molar-refractivity contribution in [2.24, 2.45) is 0 Å². The van der Waals surface area contributed by atoms with Crippen LogP contribution < -0.4 is 4.74 Å². The van der Waals surface area contributed by atoms with E-state index in [0.29, 0.717) is 17.9 Å². The number of carbonyl (C=O) groups is 1. The Hall–Kier alpha value is -3.28. The molecule has 5 rings (SSSR count). The number of ether oxygens (including phenoxy) is 2. The fraction of sp³-hybridized carbons (Fsp3) is 0.185. The summed E-state index contributed by atoms with van der Waals surface area (Å²) >= 11 is 1.57. The van der Waals surface area contributed by atoms with E-state index in [1.165, 1.54) is 0 Å². The molecule has 0 N–H and O–H groups in total. The maximum absolute atomic E-state index is 13.3. The molecule has 0 unspecified atom stereocenters. The number of Topliss-reactive ketones (excluding diaryl/α,β-unsaturated/α-hetero) is 1. The minimum absolute atomic E-state index is 0.0598. The molecule has 1 saturated heterocycles. The second kappa shape index (κ2) is 8.69. The molecule has 4 nitrogen and oxygen atoms in total. The number of ketones is 1. The van der Waals surface area contributed by atoms with Crippen LogP contribution in [0.5, 0.6) is 5.75 Å². The third-order valence-corrected chi connectivity index (χ3v) is 6.59. The van der Waals surface area contributed by atoms with Crippen molar-refractivity contribution < 1.29 is 14.3 Å². The second-order valence-corrected chi connectivity index (χ2v) is 8.85. The van der Waals surface area contributed by atoms with E-state index >= 15 is 0 Å². The molecule has 0 saturated carbocycles. The molecular formula is C27H23NO3S. The first-order chi connectivity index (χ1) is 15.6. The van der Waals surface area contributed by atoms with Gasteiger partial charge in [0.1, 0.15) is 23.5 Å². The first kappa shape index (κ1) is 20.6. The largest absolute Gasteiger partial charge is 0.488 e. The highest BCUT2D eigenvalue weighted by molar-refractivity contribution is 7.13. The zero-order valence-corrected chi connectivity index (χ0v) is 18.8. The minimum atomic E-state index is -0.526. The van der Waals surface area contributed by atoms with Crippen LogP contribution in [0.3, 0.4) is 0 Å². The summed E-state index contributed by atoms with van der Waals surface area (Å²) in [6.45, 7) is 4.44. The van der Waals surface area contributed by atoms with E-state index in [9.17, 15) is 4.79 Å². The van der Waals surface area contributed by atoms with Gasteiger partial charge in [-0.3, -0.25) is 4.79 Å². The van der Waals surface area contributed by atoms with E-state index in [4.69, 9.17) is 14.5 Å². The number of thiazole rings is 1. The number of epoxide rings is 1. The van der Waals surface area contributed by atoms with Gasteiger partial charge in [0.15, 0.2) is 11.9 Å². The highest BCUT2D eigenvalue weighted by Gasteiger charge is 2.48. The Morgan fingerprint density at radius 3 is 2.44 bits per heavy atom. The fourth-order valence-corrected chi connectivity index (χ4v) is 4.51. The van der Waals surface area contributed by atoms with Crippen LogP contribution >= 0.6 is 11.3 Å². The summed E-state index contributed by atoms with van der Waals surface area (Å²) in [6, 6.07) is 23.8. The average molecular weight is 442 g/mol. The highest BCUT2D eigenvalue weighted by Crippen LogP contribution is 2.43. The molecule has 0 spiro atoms. The molecule has 1 aliphatic rings. The molecule has 5 heteroatoms. The third-order valence-electron chi connectivity index (χ3n) is 5.68. The van der Waals surface area contributed by atoms with Gasteiger partial charge in [-0.1, -0.05) is 60.7 Å². The first-order valence-electron chi connectivity index (χ1n) is 10.6. The lowest BCUT2D eigenvalue weighted by atomic mass is 9.99. The SMILES string of the molecule is Cc1cc(OCc2ccccc2)c(C(=O)[C@@H]2O[C@H]2c2csc(-c3ccccc3)n2)cc1C. The molecule has 4 aromatic rings. The van der Waals surface area contributed by atoms with Gasteiger partial charge in [0, 0.05) is 10.9 Å². The van der Waals surface area contributed by atoms with Crippen LogP contribution in [0, 0.1) is 13.8 Å². The number of hydrogen-bond donors (Lipinski definition) is 0. The maximum Gasteiger partial charge on any atom is 0.198 e. The van der Waals surface area contributed by atoms with E-state index < -0.39 is 6.10 Å². The lowest BCUT2D eigenvalue weighted by Crippen LogP contribution is -2.12. The number of benzene rings is 3. The van der Waals surface area contributed by atoms with E-state index in [2.05, 4.69) is 0 Å². The summed E-state index contributed by atoms with van der Waals surface area (Å²) < 4.78 is 11.9. The van der Waals surface area contributed by atoms with E-state index in [1.54, 1.807) is 11.3 Å². The van der Waals surface area contributed by atoms with Gasteiger partial charge in [0.05, 0.1) is 11.3 Å². The standard InChI is InChI=1S/C27H23NO3S/c1-17-13-21(23(14-18(17)2)30-15-19-9-5-3-6-10-19)24(29)26-25(31-26)22-16-32-27(28-22)20-11-7-4-8-12-20/h3-14,16,25-26H,15H2,1-2H3/t25-,26-/m0/s1. The molecule has 0 aliphatic carbocycles. The Labute approximate surface area is 191 Å². The van der Waals surface area contributed by atoms with Gasteiger partial charge in [-0.2, -0.15) is 0 Å². The quantitative estimate of drug-likeness (QED) is 0.248. The zero-order valence-electron chi connectivity index (χ0n) is 17.9. The van der Waals surface area contributed by atoms with Crippen molar-refractivity contribution in [3.05, 3.63) is 106 Å². The predicted molar refractivity (Wildman–Crippen MR) is 126 cm³/mol. The molecule has 32 heavy (non-hydrogen) atoms. The molecule has 2 atom stereocenters. The minimum Gasteiger partial charge on any atom is -0.488 e. The Morgan fingerprint density at radius 1 is 1.00 bits per heavy atom. The van der Waals surface area contributed by atoms with Crippen LogP contribution in [-0.4, -0.2) is 16.9 Å². The van der Waals surface area contributed by atoms with Crippen LogP contribution in [0.25, 0.3) is 10.6 Å². The Morgan fingerprint density at radius 2 is 1.69 bits per heavy atom. The van der Waals surface area contributed by atoms with Crippen molar-refractivity contribution in [2.75, 3.05) is 0 Å². The van der Waals surface area contributed by atoms with Gasteiger partial charge in [-0.25, -0.2) is 4.98 Å². The van der Waals surface area contributed by atoms with Crippen LogP contribution in [0.2, 0.25) is 0 Å². The summed E-state index contributed by atoms with van der Waals surface area (Å²) in [4.78, 5) is 18.0. The zero-order chi connectivity index (χ0) is 22.1. The number of carbonyl (C=O) groups excluding carboxylic acids is 1. The molecule has 0 bridgehead atoms. The number of aromatic nitrogens is 1. The lowest BCUT2D eigenvalue weighted by molar-refractivity contribution is 0.0949. The van der Waals surface area contributed by atoms with Gasteiger partial charge in [-0.05, 0) is 42.7 Å². The summed E-state index contributed by atoms with van der Waals surface area (Å²) in [5.74, 6) is 0.537. The molecule has 1 aliphatic heterocycles. The maximum atomic E-state index is 13.3. The summed E-state index contributed by atoms with van der Waals surface area (Å²) in [6.07, 6.45) is -0.832. The van der Waals surface area contributed by atoms with Crippen molar-refractivity contribution in [2.45, 2.75) is 32.7 Å². The number of nitrogens with zero attached hydrogens (tertiary/aromatic N) is 1. The smallest absolute Gasteiger partial charge is 0.198 e. The van der Waals surface area contributed by atoms with Crippen molar-refractivity contribution in [1.29, 1.82) is 0 Å². The van der Waals surface area contributed by atoms with Crippen molar-refractivity contribution in [1.82, 2.24) is 4.98 Å². The van der Waals surface area contributed by atoms with Gasteiger partial charge in [-0.15, -0.1) is 11.3 Å². The fourth-order valence-electron chi connectivity index (χ4n) is 3.66. The molecule has 160 valence electrons. The van der Waals surface area contributed by atoms with Crippen LogP contribution in [0.15, 0.2) is 78.2 Å². The average Bonchev–Trinajstić information content (AvgIpc) is 3.48. The summed E-state index contributed by atoms with van der Waals surface area (Å²) in [5, 5.41) is 2.91. The molecule has 1 fully saturated rings. The molecule has 2 heterocycles. The number of hydrogen-bond acceptors (Lipinski definition) is 5. The number of aryl methyl sites for hydroxylation is 2. The monoisotopic (exact) mass is 441 g/mol. The molecule has 1 aromatic heterocycles. The van der Waals surface area contributed by atoms with Crippen molar-refractivity contribution in [3.63, 3.8) is 0 Å². The lowest BCUT2D eigenvalue weighted by Gasteiger charge is -2.13. The summed E-state index contributed by atoms with van der Waals surface area (Å²) in [5.41, 5.74) is 5.64. The van der Waals surface area contributed by atoms with Crippen molar-refractivity contribution >= 4 is 17.1 Å². The normalized spacial score (nSPS) is 17.2. The van der Waals surface area contributed by atoms with Gasteiger partial charge in [0.25, 0.3) is 0 Å². The van der Waals surface area contributed by atoms with E-state index in [0.717, 1.165) is 33.0 Å². The molecule has 0 radical (unpaired) electrons. The molecular weight excluding hydrogens is 418 g/mol. The van der Waals surface area contributed by atoms with Gasteiger partial charge >= 0.3 is 0 Å². The first-order valence-corrected chi connectivity index (χ1v) is 11.5. The molecule has 3 aromatic carbocycles. The molecule has 0 amide bonds. The van der Waals surface area contributed by atoms with Crippen LogP contribution in [0.4, 0.5) is 0 Å². The van der Waals surface area contributed by atoms with Crippen LogP contribution in [0.1, 0.15) is 38.8 Å². The Kier molecular flexibility index (Phi) is 5.60. The van der Waals surface area contributed by atoms with Gasteiger partial charge < -0.3 is 9.47 Å². The Balaban J connectivity index is 1.35. The summed E-state index contributed by atoms with van der Waals surface area (Å²) in [7, 11) is 0. The topological polar surface area (TPSA) is 51.7 Å². The highest BCUT2D eigenvalue weighted by atomic mass is 32.1. The van der Waals surface area contributed by atoms with Crippen LogP contribution in [-0.2, 0) is 11.3 Å². The van der Waals surface area contributed by atoms with Crippen molar-refractivity contribution in [3.8, 4) is 16.3 Å². The number of rotatable bonds is 7. The third kappa shape index (κ3) is 4.22. The van der Waals surface area contributed by atoms with Gasteiger partial charge in [0.2, 0.25) is 0 Å². The predicted octanol–water partition coefficient (Wildman–Crippen LogP) is 6.33. The second-order valence-electron chi connectivity index (χ2n) is 7.99. The van der Waals surface area contributed by atoms with E-state index in [-0.39, 0.29) is 11.9 Å².